The molecule has 0 amide bonds. The van der Waals surface area contributed by atoms with Crippen LogP contribution in [0.2, 0.25) is 0 Å². The molecule has 0 saturated heterocycles. The molecule has 6 nitrogen and oxygen atoms in total. The number of nitrogen functional groups attached to an aromatic ring is 1. The summed E-state index contributed by atoms with van der Waals surface area (Å²) in [7, 11) is 1.55. The lowest BCUT2D eigenvalue weighted by Gasteiger charge is -2.22. The minimum absolute atomic E-state index is 0.204. The largest absolute Gasteiger partial charge is 0.481 e. The zero-order valence-electron chi connectivity index (χ0n) is 11.4. The first-order valence-electron chi connectivity index (χ1n) is 6.82. The number of hydrogen-bond acceptors (Lipinski definition) is 6. The Kier molecular flexibility index (Phi) is 5.20. The summed E-state index contributed by atoms with van der Waals surface area (Å²) in [5.41, 5.74) is 5.58. The molecule has 0 radical (unpaired) electrons. The summed E-state index contributed by atoms with van der Waals surface area (Å²) in [6, 6.07) is 1.72. The van der Waals surface area contributed by atoms with Gasteiger partial charge in [-0.15, -0.1) is 0 Å². The molecule has 19 heavy (non-hydrogen) atoms. The molecule has 2 rings (SSSR count). The van der Waals surface area contributed by atoms with E-state index in [9.17, 15) is 0 Å². The Morgan fingerprint density at radius 1 is 1.32 bits per heavy atom. The highest BCUT2D eigenvalue weighted by atomic mass is 16.5. The van der Waals surface area contributed by atoms with Crippen LogP contribution in [0.4, 0.5) is 11.8 Å². The second kappa shape index (κ2) is 7.13. The van der Waals surface area contributed by atoms with Gasteiger partial charge in [-0.3, -0.25) is 0 Å². The van der Waals surface area contributed by atoms with Crippen LogP contribution in [0.25, 0.3) is 0 Å². The normalized spacial score (nSPS) is 16.3. The second-order valence-corrected chi connectivity index (χ2v) is 4.71. The van der Waals surface area contributed by atoms with Crippen LogP contribution in [-0.2, 0) is 4.74 Å². The number of methoxy groups -OCH3 is 1. The number of nitrogens with two attached hydrogens (primary N) is 1. The molecule has 0 spiro atoms. The molecule has 3 N–H and O–H groups in total. The van der Waals surface area contributed by atoms with E-state index in [4.69, 9.17) is 15.2 Å². The van der Waals surface area contributed by atoms with Crippen molar-refractivity contribution in [3.05, 3.63) is 6.07 Å². The maximum atomic E-state index is 5.82. The zero-order chi connectivity index (χ0) is 13.5. The Morgan fingerprint density at radius 3 is 2.84 bits per heavy atom. The van der Waals surface area contributed by atoms with Crippen molar-refractivity contribution >= 4 is 11.8 Å². The Labute approximate surface area is 113 Å². The average molecular weight is 266 g/mol. The van der Waals surface area contributed by atoms with Gasteiger partial charge in [-0.25, -0.2) is 0 Å². The number of ether oxygens (including phenoxy) is 2. The monoisotopic (exact) mass is 266 g/mol. The molecule has 1 aliphatic carbocycles. The van der Waals surface area contributed by atoms with E-state index in [1.54, 1.807) is 13.2 Å². The number of anilines is 2. The van der Waals surface area contributed by atoms with Crippen molar-refractivity contribution in [2.45, 2.75) is 38.2 Å². The Hall–Kier alpha value is -1.56. The molecule has 1 saturated carbocycles. The van der Waals surface area contributed by atoms with Gasteiger partial charge in [-0.2, -0.15) is 9.97 Å². The third-order valence-corrected chi connectivity index (χ3v) is 3.24. The predicted molar refractivity (Wildman–Crippen MR) is 74.3 cm³/mol. The van der Waals surface area contributed by atoms with E-state index in [1.165, 1.54) is 32.1 Å². The number of rotatable bonds is 6. The van der Waals surface area contributed by atoms with Gasteiger partial charge in [0.1, 0.15) is 5.82 Å². The van der Waals surface area contributed by atoms with Crippen LogP contribution in [0.15, 0.2) is 6.07 Å². The SMILES string of the molecule is COc1cc(NCCOC2CCCCC2)nc(N)n1. The average Bonchev–Trinajstić information content (AvgIpc) is 2.44. The van der Waals surface area contributed by atoms with Crippen molar-refractivity contribution in [2.24, 2.45) is 0 Å². The van der Waals surface area contributed by atoms with Gasteiger partial charge in [-0.1, -0.05) is 19.3 Å². The van der Waals surface area contributed by atoms with Crippen molar-refractivity contribution < 1.29 is 9.47 Å². The standard InChI is InChI=1S/C13H22N4O2/c1-18-12-9-11(16-13(14)17-12)15-7-8-19-10-5-3-2-4-6-10/h9-10H,2-8H2,1H3,(H3,14,15,16,17). The minimum atomic E-state index is 0.204. The van der Waals surface area contributed by atoms with Crippen LogP contribution >= 0.6 is 0 Å². The lowest BCUT2D eigenvalue weighted by molar-refractivity contribution is 0.0347. The van der Waals surface area contributed by atoms with Gasteiger partial charge >= 0.3 is 0 Å². The van der Waals surface area contributed by atoms with Crippen LogP contribution in [-0.4, -0.2) is 36.3 Å². The van der Waals surface area contributed by atoms with Crippen LogP contribution < -0.4 is 15.8 Å². The molecule has 0 aromatic carbocycles. The summed E-state index contributed by atoms with van der Waals surface area (Å²) in [4.78, 5) is 8.01. The summed E-state index contributed by atoms with van der Waals surface area (Å²) >= 11 is 0. The molecular weight excluding hydrogens is 244 g/mol. The van der Waals surface area contributed by atoms with E-state index in [-0.39, 0.29) is 5.95 Å². The van der Waals surface area contributed by atoms with Gasteiger partial charge in [0.2, 0.25) is 11.8 Å². The fraction of sp³-hybridized carbons (Fsp3) is 0.692. The third-order valence-electron chi connectivity index (χ3n) is 3.24. The first-order chi connectivity index (χ1) is 9.28. The Balaban J connectivity index is 1.71. The molecule has 1 aromatic rings. The van der Waals surface area contributed by atoms with E-state index in [2.05, 4.69) is 15.3 Å². The summed E-state index contributed by atoms with van der Waals surface area (Å²) < 4.78 is 10.9. The molecule has 1 aromatic heterocycles. The van der Waals surface area contributed by atoms with Gasteiger partial charge in [0.25, 0.3) is 0 Å². The zero-order valence-corrected chi connectivity index (χ0v) is 11.4. The Bertz CT molecular complexity index is 394. The Morgan fingerprint density at radius 2 is 2.11 bits per heavy atom. The molecule has 106 valence electrons. The summed E-state index contributed by atoms with van der Waals surface area (Å²) in [6.45, 7) is 1.38. The van der Waals surface area contributed by atoms with Crippen LogP contribution in [0.3, 0.4) is 0 Å². The topological polar surface area (TPSA) is 82.3 Å². The first-order valence-corrected chi connectivity index (χ1v) is 6.82. The lowest BCUT2D eigenvalue weighted by atomic mass is 9.98. The van der Waals surface area contributed by atoms with Crippen molar-refractivity contribution in [3.8, 4) is 5.88 Å². The molecule has 6 heteroatoms. The number of hydrogen-bond donors (Lipinski definition) is 2. The van der Waals surface area contributed by atoms with Gasteiger partial charge in [0.15, 0.2) is 0 Å². The molecule has 1 heterocycles. The van der Waals surface area contributed by atoms with E-state index in [1.807, 2.05) is 0 Å². The van der Waals surface area contributed by atoms with Crippen LogP contribution in [0.1, 0.15) is 32.1 Å². The molecule has 0 bridgehead atoms. The fourth-order valence-electron chi connectivity index (χ4n) is 2.27. The lowest BCUT2D eigenvalue weighted by Crippen LogP contribution is -2.20. The number of nitrogens with one attached hydrogen (secondary N) is 1. The minimum Gasteiger partial charge on any atom is -0.481 e. The van der Waals surface area contributed by atoms with E-state index < -0.39 is 0 Å². The third kappa shape index (κ3) is 4.55. The quantitative estimate of drug-likeness (QED) is 0.764. The number of aromatic nitrogens is 2. The van der Waals surface area contributed by atoms with Gasteiger partial charge in [0.05, 0.1) is 19.8 Å². The van der Waals surface area contributed by atoms with Crippen LogP contribution in [0, 0.1) is 0 Å². The second-order valence-electron chi connectivity index (χ2n) is 4.71. The van der Waals surface area contributed by atoms with Crippen molar-refractivity contribution in [3.63, 3.8) is 0 Å². The first kappa shape index (κ1) is 13.9. The fourth-order valence-corrected chi connectivity index (χ4v) is 2.27. The highest BCUT2D eigenvalue weighted by molar-refractivity contribution is 5.42. The molecule has 0 atom stereocenters. The highest BCUT2D eigenvalue weighted by Gasteiger charge is 2.13. The van der Waals surface area contributed by atoms with Crippen LogP contribution in [0.5, 0.6) is 5.88 Å². The summed E-state index contributed by atoms with van der Waals surface area (Å²) in [5.74, 6) is 1.33. The van der Waals surface area contributed by atoms with Gasteiger partial charge in [0, 0.05) is 12.6 Å². The molecular formula is C13H22N4O2. The maximum absolute atomic E-state index is 5.82. The highest BCUT2D eigenvalue weighted by Crippen LogP contribution is 2.20. The number of nitrogens with zero attached hydrogens (tertiary/aromatic N) is 2. The van der Waals surface area contributed by atoms with Gasteiger partial charge in [-0.05, 0) is 12.8 Å². The van der Waals surface area contributed by atoms with Crippen molar-refractivity contribution in [1.29, 1.82) is 0 Å². The summed E-state index contributed by atoms with van der Waals surface area (Å²) in [6.07, 6.45) is 6.73. The van der Waals surface area contributed by atoms with E-state index >= 15 is 0 Å². The van der Waals surface area contributed by atoms with E-state index in [0.29, 0.717) is 31.0 Å². The molecule has 1 aliphatic rings. The predicted octanol–water partition coefficient (Wildman–Crippen LogP) is 1.83. The molecule has 1 fully saturated rings. The van der Waals surface area contributed by atoms with E-state index in [0.717, 1.165) is 0 Å². The van der Waals surface area contributed by atoms with Crippen molar-refractivity contribution in [2.75, 3.05) is 31.3 Å². The molecule has 0 aliphatic heterocycles. The molecule has 0 unspecified atom stereocenters. The maximum Gasteiger partial charge on any atom is 0.225 e. The van der Waals surface area contributed by atoms with Crippen molar-refractivity contribution in [1.82, 2.24) is 9.97 Å². The summed E-state index contributed by atoms with van der Waals surface area (Å²) in [5, 5.41) is 3.16. The smallest absolute Gasteiger partial charge is 0.225 e. The van der Waals surface area contributed by atoms with Gasteiger partial charge < -0.3 is 20.5 Å².